The summed E-state index contributed by atoms with van der Waals surface area (Å²) in [5.41, 5.74) is 2.02. The van der Waals surface area contributed by atoms with Gasteiger partial charge in [0.25, 0.3) is 0 Å². The molecule has 738 valence electrons. The molecule has 0 aliphatic carbocycles. The topological polar surface area (TPSA) is 505 Å². The highest BCUT2D eigenvalue weighted by Crippen LogP contribution is 2.41. The highest BCUT2D eigenvalue weighted by molar-refractivity contribution is 5.36. The fourth-order valence-corrected chi connectivity index (χ4v) is 16.9. The summed E-state index contributed by atoms with van der Waals surface area (Å²) in [5, 5.41) is 0. The molecule has 2 aromatic carbocycles. The van der Waals surface area contributed by atoms with Gasteiger partial charge >= 0.3 is 0 Å². The molecule has 136 heavy (non-hydrogen) atoms. The normalized spacial score (nSPS) is 28.1. The van der Waals surface area contributed by atoms with E-state index in [1.54, 1.807) is 36.8 Å². The van der Waals surface area contributed by atoms with Gasteiger partial charge in [-0.15, -0.1) is 0 Å². The molecular formula is C94H120N10O32. The molecule has 0 radical (unpaired) electrons. The summed E-state index contributed by atoms with van der Waals surface area (Å²) in [6, 6.07) is 26.9. The number of rotatable bonds is 54. The van der Waals surface area contributed by atoms with Gasteiger partial charge in [-0.3, -0.25) is 0 Å². The number of hydrogen-bond donors (Lipinski definition) is 0. The van der Waals surface area contributed by atoms with Crippen LogP contribution in [0.1, 0.15) is 126 Å². The molecule has 14 rings (SSSR count). The molecule has 0 bridgehead atoms. The van der Waals surface area contributed by atoms with Gasteiger partial charge in [-0.2, -0.15) is 0 Å². The van der Waals surface area contributed by atoms with Crippen LogP contribution >= 0.6 is 0 Å². The van der Waals surface area contributed by atoms with Gasteiger partial charge in [-0.25, -0.2) is 97.9 Å². The van der Waals surface area contributed by atoms with Gasteiger partial charge in [-0.05, 0) is 99.6 Å². The Morgan fingerprint density at radius 2 is 0.515 bits per heavy atom. The maximum atomic E-state index is 10.5. The number of furan rings is 2. The van der Waals surface area contributed by atoms with Crippen LogP contribution in [0.2, 0.25) is 0 Å². The minimum atomic E-state index is -0.393. The van der Waals surface area contributed by atoms with E-state index in [-0.39, 0.29) is 171 Å². The lowest BCUT2D eigenvalue weighted by atomic mass is 10.0. The number of benzene rings is 2. The van der Waals surface area contributed by atoms with Gasteiger partial charge in [0.2, 0.25) is 60.8 Å². The first-order chi connectivity index (χ1) is 66.8. The number of aliphatic imine (C=N–C) groups is 10. The Bertz CT molecular complexity index is 4320. The second-order valence-electron chi connectivity index (χ2n) is 33.3. The van der Waals surface area contributed by atoms with Crippen LogP contribution in [0.4, 0.5) is 0 Å². The van der Waals surface area contributed by atoms with Crippen LogP contribution in [0, 0.1) is 11.8 Å². The molecule has 4 aromatic rings. The Hall–Kier alpha value is -10.00. The van der Waals surface area contributed by atoms with E-state index in [9.17, 15) is 47.9 Å². The predicted molar refractivity (Wildman–Crippen MR) is 471 cm³/mol. The fraction of sp³-hybridized carbons (Fsp3) is 0.681. The van der Waals surface area contributed by atoms with Crippen molar-refractivity contribution in [1.82, 2.24) is 0 Å². The van der Waals surface area contributed by atoms with Crippen LogP contribution < -0.4 is 0 Å². The Morgan fingerprint density at radius 3 is 0.794 bits per heavy atom. The average molecular weight is 1900 g/mol. The van der Waals surface area contributed by atoms with Gasteiger partial charge < -0.3 is 104 Å². The van der Waals surface area contributed by atoms with Crippen molar-refractivity contribution in [3.63, 3.8) is 0 Å². The highest BCUT2D eigenvalue weighted by atomic mass is 16.7. The molecule has 18 unspecified atom stereocenters. The average Bonchev–Trinajstić information content (AvgIpc) is 1.63. The first kappa shape index (κ1) is 108. The molecule has 0 N–H and O–H groups in total. The van der Waals surface area contributed by atoms with Gasteiger partial charge in [0.05, 0.1) is 182 Å². The maximum Gasteiger partial charge on any atom is 0.234 e. The Balaban J connectivity index is 0.000000178. The minimum absolute atomic E-state index is 0.0434. The van der Waals surface area contributed by atoms with Crippen molar-refractivity contribution in [2.24, 2.45) is 61.8 Å². The smallest absolute Gasteiger partial charge is 0.234 e. The van der Waals surface area contributed by atoms with Gasteiger partial charge in [0.15, 0.2) is 0 Å². The molecule has 0 spiro atoms. The van der Waals surface area contributed by atoms with Crippen molar-refractivity contribution in [3.05, 3.63) is 120 Å². The van der Waals surface area contributed by atoms with E-state index in [2.05, 4.69) is 49.9 Å². The zero-order valence-corrected chi connectivity index (χ0v) is 76.6. The summed E-state index contributed by atoms with van der Waals surface area (Å²) >= 11 is 0. The Labute approximate surface area is 786 Å². The number of fused-ring (bicyclic) bond motifs is 5. The van der Waals surface area contributed by atoms with Gasteiger partial charge in [0, 0.05) is 26.1 Å². The number of carbonyl (C=O) groups excluding carboxylic acids is 10. The Morgan fingerprint density at radius 1 is 0.272 bits per heavy atom. The molecule has 0 saturated carbocycles. The number of hydrogen-bond acceptors (Lipinski definition) is 42. The van der Waals surface area contributed by atoms with E-state index >= 15 is 0 Å². The van der Waals surface area contributed by atoms with Crippen molar-refractivity contribution < 1.29 is 152 Å². The summed E-state index contributed by atoms with van der Waals surface area (Å²) < 4.78 is 130. The zero-order chi connectivity index (χ0) is 96.1. The van der Waals surface area contributed by atoms with Crippen molar-refractivity contribution in [3.8, 4) is 0 Å². The lowest BCUT2D eigenvalue weighted by molar-refractivity contribution is -0.0954. The van der Waals surface area contributed by atoms with Gasteiger partial charge in [-0.1, -0.05) is 74.5 Å². The van der Waals surface area contributed by atoms with E-state index < -0.39 is 12.2 Å². The van der Waals surface area contributed by atoms with Crippen LogP contribution in [0.5, 0.6) is 0 Å². The molecule has 0 amide bonds. The summed E-state index contributed by atoms with van der Waals surface area (Å²) in [5.74, 6) is 1.57. The summed E-state index contributed by atoms with van der Waals surface area (Å²) in [6.07, 6.45) is 17.9. The molecule has 10 fully saturated rings. The summed E-state index contributed by atoms with van der Waals surface area (Å²) in [4.78, 5) is 138. The molecule has 10 aliphatic heterocycles. The van der Waals surface area contributed by atoms with E-state index in [4.69, 9.17) is 104 Å². The van der Waals surface area contributed by atoms with Crippen molar-refractivity contribution >= 4 is 60.8 Å². The molecule has 10 saturated heterocycles. The van der Waals surface area contributed by atoms with Crippen LogP contribution in [0.15, 0.2) is 156 Å². The number of nitrogens with zero attached hydrogens (tertiary/aromatic N) is 10. The molecule has 28 atom stereocenters. The van der Waals surface area contributed by atoms with Crippen LogP contribution in [-0.2, 0) is 143 Å². The SMILES string of the molecule is CC(CCN=C=O)O[C@H]1COC2C1OC[C@H]2OC(C)CCN=C=O.CC(CN=C=O)CO[C@H]1COC2C1OC[C@H]2OCC(C)CN=C=O.O=C=NCCC(O[C@H]1COC2C1OC[C@H]2OC(CCN=C=O)c1ccccc1)c1ccccc1.O=C=NCCC(O[C@H]1COC2C1OC[C@H]2OC(CCN=C=O)c1ccco1)c1ccco1.O=C=NCCCO[C@H]1COC2C1OC[C@H]2OCCCN=C=O. The second kappa shape index (κ2) is 62.0. The lowest BCUT2D eigenvalue weighted by Crippen LogP contribution is -2.36. The van der Waals surface area contributed by atoms with E-state index in [1.165, 1.54) is 48.6 Å². The van der Waals surface area contributed by atoms with Gasteiger partial charge in [0.1, 0.15) is 146 Å². The van der Waals surface area contributed by atoms with Crippen molar-refractivity contribution in [2.75, 3.05) is 158 Å². The minimum Gasteiger partial charge on any atom is -0.467 e. The third-order valence-electron chi connectivity index (χ3n) is 23.5. The Kier molecular flexibility index (Phi) is 49.3. The third kappa shape index (κ3) is 34.9. The highest BCUT2D eigenvalue weighted by Gasteiger charge is 2.55. The summed E-state index contributed by atoms with van der Waals surface area (Å²) in [7, 11) is 0. The molecule has 2 aromatic heterocycles. The number of isocyanates is 10. The molecule has 10 aliphatic rings. The van der Waals surface area contributed by atoms with E-state index in [0.717, 1.165) is 11.1 Å². The summed E-state index contributed by atoms with van der Waals surface area (Å²) in [6.45, 7) is 17.7. The first-order valence-corrected chi connectivity index (χ1v) is 45.9. The van der Waals surface area contributed by atoms with Crippen LogP contribution in [0.25, 0.3) is 0 Å². The molecular weight excluding hydrogens is 1780 g/mol. The monoisotopic (exact) mass is 1900 g/mol. The van der Waals surface area contributed by atoms with Crippen molar-refractivity contribution in [1.29, 1.82) is 0 Å². The molecule has 42 nitrogen and oxygen atoms in total. The predicted octanol–water partition coefficient (Wildman–Crippen LogP) is 7.45. The third-order valence-corrected chi connectivity index (χ3v) is 23.5. The zero-order valence-electron chi connectivity index (χ0n) is 76.6. The van der Waals surface area contributed by atoms with Crippen molar-refractivity contribution in [2.45, 2.75) is 238 Å². The largest absolute Gasteiger partial charge is 0.467 e. The molecule has 42 heteroatoms. The van der Waals surface area contributed by atoms with Crippen LogP contribution in [-0.4, -0.2) is 353 Å². The van der Waals surface area contributed by atoms with E-state index in [1.807, 2.05) is 100 Å². The number of ether oxygens (including phenoxy) is 20. The fourth-order valence-electron chi connectivity index (χ4n) is 16.9. The molecule has 12 heterocycles. The van der Waals surface area contributed by atoms with Crippen LogP contribution in [0.3, 0.4) is 0 Å². The maximum absolute atomic E-state index is 10.5. The standard InChI is InChI=1S/C26H28N2O6.C22H24N2O8.2C16H24N2O6.C14H20N2O6/c29-17-27-13-11-21(19-7-3-1-4-8-19)33-23-15-31-26-24(16-32-25(23)26)34-22(12-14-28-18-30)20-9-5-2-6-10-20;25-13-23-7-5-17(15-3-1-9-27-15)31-19-11-29-22-20(12-30-21(19)22)32-18(6-8-24-14-26)16-4-2-10-28-16;1-11(3-17-9-19)5-21-13-7-23-16-14(8-24-15(13)16)22-6-12(2)4-18-10-20;1-11(3-5-17-9-19)23-13-7-21-16-14(8-22-15(13)16)24-12(2)4-6-18-10-20;17-9-15-3-1-5-19-11-7-21-14-12(8-22-13(11)14)20-6-2-4-16-10-18/h1-10,21-26H,11-16H2;1-4,9-10,17-22H,5-8,11-12H2;2*11-16H,3-8H2,1-2H3;11-14H,1-8H2/t21?,22?,23-,24+,25?,26?;17?,18?,19-,20+,21?,22?;2*11?,12?,13-,14+,15?,16?;11-,12+,13?,14?. The van der Waals surface area contributed by atoms with E-state index in [0.29, 0.717) is 208 Å². The first-order valence-electron chi connectivity index (χ1n) is 45.9. The quantitative estimate of drug-likeness (QED) is 0.0235. The lowest BCUT2D eigenvalue weighted by Gasteiger charge is -2.25. The second-order valence-corrected chi connectivity index (χ2v) is 33.3.